The summed E-state index contributed by atoms with van der Waals surface area (Å²) in [6, 6.07) is 1.47. The van der Waals surface area contributed by atoms with Crippen molar-refractivity contribution in [2.24, 2.45) is 7.05 Å². The molecule has 152 valence electrons. The fourth-order valence-corrected chi connectivity index (χ4v) is 2.04. The smallest absolute Gasteiger partial charge is 0.257 e. The van der Waals surface area contributed by atoms with Crippen molar-refractivity contribution >= 4 is 23.6 Å². The van der Waals surface area contributed by atoms with Crippen LogP contribution in [0.25, 0.3) is 0 Å². The van der Waals surface area contributed by atoms with Crippen LogP contribution in [0.5, 0.6) is 0 Å². The van der Waals surface area contributed by atoms with Crippen molar-refractivity contribution in [3.05, 3.63) is 54.9 Å². The van der Waals surface area contributed by atoms with Gasteiger partial charge in [-0.1, -0.05) is 13.2 Å². The van der Waals surface area contributed by atoms with Gasteiger partial charge >= 0.3 is 0 Å². The molecule has 1 aromatic rings. The third-order valence-corrected chi connectivity index (χ3v) is 3.31. The van der Waals surface area contributed by atoms with Gasteiger partial charge in [0.05, 0.1) is 0 Å². The van der Waals surface area contributed by atoms with E-state index in [1.54, 1.807) is 24.0 Å². The van der Waals surface area contributed by atoms with Gasteiger partial charge in [-0.25, -0.2) is 4.57 Å². The first-order chi connectivity index (χ1) is 12.9. The van der Waals surface area contributed by atoms with Gasteiger partial charge in [-0.15, -0.1) is 0 Å². The quantitative estimate of drug-likeness (QED) is 0.112. The van der Waals surface area contributed by atoms with Crippen LogP contribution in [0.2, 0.25) is 0 Å². The highest BCUT2D eigenvalue weighted by Gasteiger charge is 2.16. The molecule has 0 aliphatic rings. The van der Waals surface area contributed by atoms with Crippen LogP contribution < -0.4 is 49.8 Å². The van der Waals surface area contributed by atoms with Crippen molar-refractivity contribution in [3.63, 3.8) is 0 Å². The van der Waals surface area contributed by atoms with E-state index in [1.807, 2.05) is 0 Å². The number of hydrogen-bond acceptors (Lipinski definition) is 4. The number of nitrogens with zero attached hydrogens (tertiary/aromatic N) is 1. The molecule has 0 spiro atoms. The molecule has 0 atom stereocenters. The summed E-state index contributed by atoms with van der Waals surface area (Å²) >= 11 is 0. The number of hydrogen-bond donors (Lipinski definition) is 4. The molecule has 0 unspecified atom stereocenters. The van der Waals surface area contributed by atoms with E-state index in [4.69, 9.17) is 0 Å². The van der Waals surface area contributed by atoms with Crippen LogP contribution in [0, 0.1) is 0 Å². The van der Waals surface area contributed by atoms with Crippen LogP contribution in [0.3, 0.4) is 0 Å². The van der Waals surface area contributed by atoms with Gasteiger partial charge in [0.15, 0.2) is 12.4 Å². The van der Waals surface area contributed by atoms with E-state index in [0.29, 0.717) is 11.1 Å². The van der Waals surface area contributed by atoms with E-state index in [2.05, 4.69) is 34.4 Å². The van der Waals surface area contributed by atoms with Crippen LogP contribution in [0.4, 0.5) is 0 Å². The highest BCUT2D eigenvalue weighted by molar-refractivity contribution is 5.98. The molecular formula is C18H24IN5O4. The number of aryl methyl sites for hydroxylation is 1. The normalized spacial score (nSPS) is 9.32. The first-order valence-electron chi connectivity index (χ1n) is 8.24. The molecule has 4 amide bonds. The molecule has 10 heteroatoms. The van der Waals surface area contributed by atoms with E-state index >= 15 is 0 Å². The zero-order valence-corrected chi connectivity index (χ0v) is 17.7. The lowest BCUT2D eigenvalue weighted by Gasteiger charge is -2.07. The summed E-state index contributed by atoms with van der Waals surface area (Å²) < 4.78 is 1.60. The molecule has 0 saturated heterocycles. The van der Waals surface area contributed by atoms with Crippen LogP contribution >= 0.6 is 0 Å². The average molecular weight is 501 g/mol. The Balaban J connectivity index is 0.00000729. The Morgan fingerprint density at radius 1 is 0.821 bits per heavy atom. The van der Waals surface area contributed by atoms with Gasteiger partial charge in [-0.2, -0.15) is 0 Å². The first-order valence-corrected chi connectivity index (χ1v) is 8.24. The third-order valence-electron chi connectivity index (χ3n) is 3.31. The zero-order chi connectivity index (χ0) is 20.2. The minimum Gasteiger partial charge on any atom is -1.00 e. The number of amides is 4. The van der Waals surface area contributed by atoms with Gasteiger partial charge in [0, 0.05) is 26.2 Å². The van der Waals surface area contributed by atoms with E-state index in [0.717, 1.165) is 12.2 Å². The number of carbonyl (C=O) groups is 4. The van der Waals surface area contributed by atoms with Crippen LogP contribution in [-0.4, -0.2) is 49.8 Å². The molecule has 28 heavy (non-hydrogen) atoms. The number of aromatic nitrogens is 1. The monoisotopic (exact) mass is 501 g/mol. The summed E-state index contributed by atoms with van der Waals surface area (Å²) in [6.07, 6.45) is 5.46. The minimum atomic E-state index is -0.369. The maximum Gasteiger partial charge on any atom is 0.257 e. The number of pyridine rings is 1. The molecule has 0 fully saturated rings. The lowest BCUT2D eigenvalue weighted by atomic mass is 10.1. The molecule has 0 aromatic carbocycles. The van der Waals surface area contributed by atoms with Crippen molar-refractivity contribution in [1.82, 2.24) is 21.3 Å². The van der Waals surface area contributed by atoms with Crippen molar-refractivity contribution < 1.29 is 47.7 Å². The second-order valence-electron chi connectivity index (χ2n) is 5.48. The van der Waals surface area contributed by atoms with E-state index in [9.17, 15) is 19.2 Å². The number of rotatable bonds is 10. The van der Waals surface area contributed by atoms with E-state index in [-0.39, 0.29) is 73.8 Å². The Hall–Kier alpha value is -2.76. The number of nitrogens with one attached hydrogen (secondary N) is 4. The van der Waals surface area contributed by atoms with Crippen LogP contribution in [-0.2, 0) is 16.6 Å². The summed E-state index contributed by atoms with van der Waals surface area (Å²) in [6.45, 7) is 7.67. The minimum absolute atomic E-state index is 0. The lowest BCUT2D eigenvalue weighted by molar-refractivity contribution is -0.671. The van der Waals surface area contributed by atoms with E-state index < -0.39 is 0 Å². The third kappa shape index (κ3) is 9.26. The molecule has 0 saturated carbocycles. The summed E-state index contributed by atoms with van der Waals surface area (Å²) in [4.78, 5) is 46.5. The van der Waals surface area contributed by atoms with Crippen molar-refractivity contribution in [2.75, 3.05) is 26.2 Å². The van der Waals surface area contributed by atoms with Gasteiger partial charge in [0.1, 0.15) is 18.2 Å². The van der Waals surface area contributed by atoms with Crippen molar-refractivity contribution in [2.45, 2.75) is 0 Å². The predicted octanol–water partition coefficient (Wildman–Crippen LogP) is -4.42. The van der Waals surface area contributed by atoms with Crippen molar-refractivity contribution in [1.29, 1.82) is 0 Å². The van der Waals surface area contributed by atoms with Gasteiger partial charge in [0.25, 0.3) is 11.8 Å². The number of carbonyl (C=O) groups excluding carboxylic acids is 4. The van der Waals surface area contributed by atoms with Crippen LogP contribution in [0.15, 0.2) is 43.8 Å². The predicted molar refractivity (Wildman–Crippen MR) is 98.7 cm³/mol. The fourth-order valence-electron chi connectivity index (χ4n) is 2.04. The number of halogens is 1. The van der Waals surface area contributed by atoms with Gasteiger partial charge in [0.2, 0.25) is 11.8 Å². The summed E-state index contributed by atoms with van der Waals surface area (Å²) in [5, 5.41) is 10.4. The highest BCUT2D eigenvalue weighted by Crippen LogP contribution is 2.01. The second kappa shape index (κ2) is 13.4. The van der Waals surface area contributed by atoms with Gasteiger partial charge in [-0.3, -0.25) is 19.2 Å². The molecule has 0 radical (unpaired) electrons. The maximum absolute atomic E-state index is 12.2. The molecule has 0 aliphatic heterocycles. The topological polar surface area (TPSA) is 120 Å². The standard InChI is InChI=1S/C18H23N5O4.HI/c1-4-15(24)19-6-8-21-17(26)13-10-14(12-23(3)11-13)18(27)22-9-7-20-16(25)5-2;/h4-5,10-12H,1-2,6-9H2,3H3,(H3-,19,20,21,22,24,25,26,27);1H. The van der Waals surface area contributed by atoms with Crippen molar-refractivity contribution in [3.8, 4) is 0 Å². The fraction of sp³-hybridized carbons (Fsp3) is 0.278. The Bertz CT molecular complexity index is 693. The molecule has 1 aromatic heterocycles. The summed E-state index contributed by atoms with van der Waals surface area (Å²) in [5.41, 5.74) is 0.611. The Morgan fingerprint density at radius 3 is 1.54 bits per heavy atom. The first kappa shape index (κ1) is 25.2. The second-order valence-corrected chi connectivity index (χ2v) is 5.48. The van der Waals surface area contributed by atoms with Crippen LogP contribution in [0.1, 0.15) is 20.7 Å². The van der Waals surface area contributed by atoms with E-state index in [1.165, 1.54) is 6.07 Å². The molecular weight excluding hydrogens is 477 g/mol. The van der Waals surface area contributed by atoms with Gasteiger partial charge in [-0.05, 0) is 18.2 Å². The Morgan fingerprint density at radius 2 is 1.18 bits per heavy atom. The molecule has 0 bridgehead atoms. The maximum atomic E-state index is 12.2. The van der Waals surface area contributed by atoms with Gasteiger partial charge < -0.3 is 45.2 Å². The Labute approximate surface area is 180 Å². The Kier molecular flexibility index (Phi) is 12.1. The SMILES string of the molecule is C=CC(=O)NCCNC(=O)c1cc(C(=O)NCCNC(=O)C=C)c[n+](C)c1.[I-]. The molecule has 0 aliphatic carbocycles. The molecule has 1 heterocycles. The zero-order valence-electron chi connectivity index (χ0n) is 15.6. The molecule has 4 N–H and O–H groups in total. The molecule has 9 nitrogen and oxygen atoms in total. The highest BCUT2D eigenvalue weighted by atomic mass is 127. The summed E-state index contributed by atoms with van der Waals surface area (Å²) in [5.74, 6) is -1.38. The lowest BCUT2D eigenvalue weighted by Crippen LogP contribution is -3.00. The summed E-state index contributed by atoms with van der Waals surface area (Å²) in [7, 11) is 1.70. The molecule has 1 rings (SSSR count). The largest absolute Gasteiger partial charge is 1.00 e. The average Bonchev–Trinajstić information content (AvgIpc) is 2.67.